The highest BCUT2D eigenvalue weighted by atomic mass is 19.1. The van der Waals surface area contributed by atoms with Gasteiger partial charge in [0.05, 0.1) is 6.04 Å². The first-order chi connectivity index (χ1) is 8.60. The maximum atomic E-state index is 13.6. The Kier molecular flexibility index (Phi) is 3.77. The normalized spacial score (nSPS) is 12.7. The Bertz CT molecular complexity index is 536. The summed E-state index contributed by atoms with van der Waals surface area (Å²) in [5.41, 5.74) is 0.336. The number of furan rings is 1. The van der Waals surface area contributed by atoms with Crippen LogP contribution in [0.15, 0.2) is 34.7 Å². The van der Waals surface area contributed by atoms with E-state index in [1.54, 1.807) is 7.05 Å². The van der Waals surface area contributed by atoms with Gasteiger partial charge in [0, 0.05) is 0 Å². The average molecular weight is 251 g/mol. The molecule has 0 amide bonds. The van der Waals surface area contributed by atoms with Gasteiger partial charge < -0.3 is 9.73 Å². The predicted molar refractivity (Wildman–Crippen MR) is 65.3 cm³/mol. The first-order valence-electron chi connectivity index (χ1n) is 5.77. The smallest absolute Gasteiger partial charge is 0.126 e. The lowest BCUT2D eigenvalue weighted by Gasteiger charge is -2.14. The lowest BCUT2D eigenvalue weighted by Crippen LogP contribution is -2.18. The molecule has 0 fully saturated rings. The van der Waals surface area contributed by atoms with Crippen LogP contribution in [0.1, 0.15) is 23.1 Å². The SMILES string of the molecule is CNC(Cc1cc(F)ccc1F)c1ccc(C)o1. The minimum atomic E-state index is -0.433. The summed E-state index contributed by atoms with van der Waals surface area (Å²) in [7, 11) is 1.76. The molecule has 4 heteroatoms. The first-order valence-corrected chi connectivity index (χ1v) is 5.77. The minimum Gasteiger partial charge on any atom is -0.465 e. The van der Waals surface area contributed by atoms with E-state index in [2.05, 4.69) is 5.32 Å². The number of hydrogen-bond donors (Lipinski definition) is 1. The Hall–Kier alpha value is -1.68. The van der Waals surface area contributed by atoms with E-state index in [0.717, 1.165) is 23.7 Å². The van der Waals surface area contributed by atoms with E-state index in [-0.39, 0.29) is 6.04 Å². The van der Waals surface area contributed by atoms with Gasteiger partial charge in [-0.3, -0.25) is 0 Å². The Labute approximate surface area is 105 Å². The molecule has 1 atom stereocenters. The molecule has 1 heterocycles. The van der Waals surface area contributed by atoms with Crippen LogP contribution in [0, 0.1) is 18.6 Å². The molecular formula is C14H15F2NO. The summed E-state index contributed by atoms with van der Waals surface area (Å²) in [6.45, 7) is 1.85. The molecule has 18 heavy (non-hydrogen) atoms. The fourth-order valence-corrected chi connectivity index (χ4v) is 1.91. The summed E-state index contributed by atoms with van der Waals surface area (Å²) in [6, 6.07) is 7.00. The van der Waals surface area contributed by atoms with Gasteiger partial charge in [-0.15, -0.1) is 0 Å². The van der Waals surface area contributed by atoms with Gasteiger partial charge >= 0.3 is 0 Å². The minimum absolute atomic E-state index is 0.171. The number of benzene rings is 1. The van der Waals surface area contributed by atoms with Gasteiger partial charge in [0.15, 0.2) is 0 Å². The van der Waals surface area contributed by atoms with Crippen LogP contribution < -0.4 is 5.32 Å². The van der Waals surface area contributed by atoms with E-state index in [1.807, 2.05) is 19.1 Å². The van der Waals surface area contributed by atoms with Crippen LogP contribution in [0.3, 0.4) is 0 Å². The van der Waals surface area contributed by atoms with Crippen molar-refractivity contribution in [2.24, 2.45) is 0 Å². The zero-order valence-electron chi connectivity index (χ0n) is 10.3. The molecule has 1 aromatic carbocycles. The summed E-state index contributed by atoms with van der Waals surface area (Å²) < 4.78 is 32.2. The third-order valence-electron chi connectivity index (χ3n) is 2.88. The summed E-state index contributed by atoms with van der Waals surface area (Å²) in [4.78, 5) is 0. The second-order valence-corrected chi connectivity index (χ2v) is 4.23. The van der Waals surface area contributed by atoms with Crippen molar-refractivity contribution in [1.82, 2.24) is 5.32 Å². The Balaban J connectivity index is 2.22. The van der Waals surface area contributed by atoms with Gasteiger partial charge in [-0.25, -0.2) is 8.78 Å². The van der Waals surface area contributed by atoms with Gasteiger partial charge in [0.1, 0.15) is 23.2 Å². The number of hydrogen-bond acceptors (Lipinski definition) is 2. The molecule has 2 aromatic rings. The molecule has 0 aliphatic carbocycles. The van der Waals surface area contributed by atoms with Gasteiger partial charge in [-0.1, -0.05) is 0 Å². The van der Waals surface area contributed by atoms with Crippen molar-refractivity contribution in [3.63, 3.8) is 0 Å². The molecule has 1 N–H and O–H groups in total. The predicted octanol–water partition coefficient (Wildman–Crippen LogP) is 3.37. The molecule has 0 saturated heterocycles. The summed E-state index contributed by atoms with van der Waals surface area (Å²) in [5, 5.41) is 3.04. The van der Waals surface area contributed by atoms with Crippen molar-refractivity contribution >= 4 is 0 Å². The number of halogens is 2. The number of rotatable bonds is 4. The van der Waals surface area contributed by atoms with Crippen molar-refractivity contribution in [3.8, 4) is 0 Å². The monoisotopic (exact) mass is 251 g/mol. The first kappa shape index (κ1) is 12.8. The number of likely N-dealkylation sites (N-methyl/N-ethyl adjacent to an activating group) is 1. The van der Waals surface area contributed by atoms with Crippen LogP contribution in [0.2, 0.25) is 0 Å². The van der Waals surface area contributed by atoms with Crippen molar-refractivity contribution < 1.29 is 13.2 Å². The standard InChI is InChI=1S/C14H15F2NO/c1-9-3-6-14(18-9)13(17-2)8-10-7-11(15)4-5-12(10)16/h3-7,13,17H,8H2,1-2H3. The zero-order chi connectivity index (χ0) is 13.1. The second-order valence-electron chi connectivity index (χ2n) is 4.23. The Morgan fingerprint density at radius 1 is 1.22 bits per heavy atom. The maximum Gasteiger partial charge on any atom is 0.126 e. The molecule has 2 rings (SSSR count). The molecule has 0 spiro atoms. The van der Waals surface area contributed by atoms with E-state index in [9.17, 15) is 8.78 Å². The Morgan fingerprint density at radius 3 is 2.61 bits per heavy atom. The van der Waals surface area contributed by atoms with Gasteiger partial charge in [-0.05, 0) is 56.3 Å². The topological polar surface area (TPSA) is 25.2 Å². The number of nitrogens with one attached hydrogen (secondary N) is 1. The largest absolute Gasteiger partial charge is 0.465 e. The third kappa shape index (κ3) is 2.76. The quantitative estimate of drug-likeness (QED) is 0.901. The van der Waals surface area contributed by atoms with Crippen LogP contribution in [-0.2, 0) is 6.42 Å². The molecule has 0 saturated carbocycles. The molecular weight excluding hydrogens is 236 g/mol. The number of aryl methyl sites for hydroxylation is 1. The molecule has 2 nitrogen and oxygen atoms in total. The summed E-state index contributed by atoms with van der Waals surface area (Å²) >= 11 is 0. The fraction of sp³-hybridized carbons (Fsp3) is 0.286. The molecule has 1 unspecified atom stereocenters. The molecule has 0 bridgehead atoms. The van der Waals surface area contributed by atoms with E-state index < -0.39 is 11.6 Å². The van der Waals surface area contributed by atoms with Gasteiger partial charge in [-0.2, -0.15) is 0 Å². The maximum absolute atomic E-state index is 13.6. The Morgan fingerprint density at radius 2 is 2.00 bits per heavy atom. The van der Waals surface area contributed by atoms with E-state index >= 15 is 0 Å². The molecule has 0 aliphatic rings. The lowest BCUT2D eigenvalue weighted by molar-refractivity contribution is 0.411. The average Bonchev–Trinajstić information content (AvgIpc) is 2.77. The summed E-state index contributed by atoms with van der Waals surface area (Å²) in [6.07, 6.45) is 0.340. The fourth-order valence-electron chi connectivity index (χ4n) is 1.91. The highest BCUT2D eigenvalue weighted by molar-refractivity contribution is 5.22. The second kappa shape index (κ2) is 5.31. The van der Waals surface area contributed by atoms with Crippen molar-refractivity contribution in [1.29, 1.82) is 0 Å². The van der Waals surface area contributed by atoms with E-state index in [0.29, 0.717) is 12.0 Å². The highest BCUT2D eigenvalue weighted by Gasteiger charge is 2.16. The third-order valence-corrected chi connectivity index (χ3v) is 2.88. The highest BCUT2D eigenvalue weighted by Crippen LogP contribution is 2.22. The summed E-state index contributed by atoms with van der Waals surface area (Å²) in [5.74, 6) is 0.681. The van der Waals surface area contributed by atoms with Crippen LogP contribution in [0.4, 0.5) is 8.78 Å². The van der Waals surface area contributed by atoms with E-state index in [1.165, 1.54) is 6.07 Å². The van der Waals surface area contributed by atoms with Crippen LogP contribution in [0.5, 0.6) is 0 Å². The van der Waals surface area contributed by atoms with Crippen molar-refractivity contribution in [3.05, 3.63) is 59.1 Å². The van der Waals surface area contributed by atoms with Crippen LogP contribution in [-0.4, -0.2) is 7.05 Å². The van der Waals surface area contributed by atoms with Crippen LogP contribution >= 0.6 is 0 Å². The molecule has 1 aromatic heterocycles. The zero-order valence-corrected chi connectivity index (χ0v) is 10.3. The molecule has 96 valence electrons. The lowest BCUT2D eigenvalue weighted by atomic mass is 10.0. The van der Waals surface area contributed by atoms with Gasteiger partial charge in [0.25, 0.3) is 0 Å². The molecule has 0 aliphatic heterocycles. The van der Waals surface area contributed by atoms with Crippen molar-refractivity contribution in [2.45, 2.75) is 19.4 Å². The van der Waals surface area contributed by atoms with Gasteiger partial charge in [0.2, 0.25) is 0 Å². The van der Waals surface area contributed by atoms with E-state index in [4.69, 9.17) is 4.42 Å². The van der Waals surface area contributed by atoms with Crippen LogP contribution in [0.25, 0.3) is 0 Å². The molecule has 0 radical (unpaired) electrons. The van der Waals surface area contributed by atoms with Crippen molar-refractivity contribution in [2.75, 3.05) is 7.05 Å².